The monoisotopic (exact) mass is 374 g/mol. The molecule has 0 aliphatic carbocycles. The van der Waals surface area contributed by atoms with Gasteiger partial charge in [-0.05, 0) is 36.6 Å². The Hall–Kier alpha value is -2.53. The number of nitrogens with two attached hydrogens (primary N) is 1. The van der Waals surface area contributed by atoms with Crippen molar-refractivity contribution in [3.8, 4) is 5.75 Å². The van der Waals surface area contributed by atoms with Crippen molar-refractivity contribution in [1.29, 1.82) is 0 Å². The molecule has 1 unspecified atom stereocenters. The minimum Gasteiger partial charge on any atom is -0.508 e. The van der Waals surface area contributed by atoms with Crippen molar-refractivity contribution in [3.63, 3.8) is 0 Å². The number of carbonyl (C=O) groups is 2. The van der Waals surface area contributed by atoms with Crippen LogP contribution in [0.3, 0.4) is 0 Å². The van der Waals surface area contributed by atoms with E-state index in [1.807, 2.05) is 30.3 Å². The summed E-state index contributed by atoms with van der Waals surface area (Å²) in [6, 6.07) is 14.4. The molecule has 4 N–H and O–H groups in total. The van der Waals surface area contributed by atoms with E-state index in [0.29, 0.717) is 23.4 Å². The van der Waals surface area contributed by atoms with Crippen LogP contribution in [-0.2, 0) is 22.6 Å². The summed E-state index contributed by atoms with van der Waals surface area (Å²) in [5.74, 6) is -1.87. The fourth-order valence-electron chi connectivity index (χ4n) is 2.83. The van der Waals surface area contributed by atoms with E-state index in [0.717, 1.165) is 5.56 Å². The number of hydrogen-bond donors (Lipinski definition) is 3. The van der Waals surface area contributed by atoms with Gasteiger partial charge in [-0.1, -0.05) is 48.9 Å². The predicted octanol–water partition coefficient (Wildman–Crippen LogP) is 3.03. The van der Waals surface area contributed by atoms with Gasteiger partial charge < -0.3 is 16.2 Å². The van der Waals surface area contributed by atoms with Crippen LogP contribution in [0.5, 0.6) is 5.75 Å². The van der Waals surface area contributed by atoms with Crippen molar-refractivity contribution in [2.24, 2.45) is 17.6 Å². The first-order valence-electron chi connectivity index (χ1n) is 8.47. The van der Waals surface area contributed by atoms with Gasteiger partial charge in [0.05, 0.1) is 0 Å². The number of rotatable bonds is 8. The summed E-state index contributed by atoms with van der Waals surface area (Å²) in [5, 5.41) is 13.0. The quantitative estimate of drug-likeness (QED) is 0.663. The highest BCUT2D eigenvalue weighted by atomic mass is 35.5. The highest BCUT2D eigenvalue weighted by Crippen LogP contribution is 2.22. The van der Waals surface area contributed by atoms with Gasteiger partial charge in [0.25, 0.3) is 0 Å². The molecule has 5 nitrogen and oxygen atoms in total. The Bertz CT molecular complexity index is 765. The van der Waals surface area contributed by atoms with E-state index in [2.05, 4.69) is 5.32 Å². The second-order valence-corrected chi connectivity index (χ2v) is 6.75. The molecule has 2 amide bonds. The molecule has 2 atom stereocenters. The lowest BCUT2D eigenvalue weighted by Gasteiger charge is -2.21. The van der Waals surface area contributed by atoms with Crippen molar-refractivity contribution >= 4 is 23.4 Å². The first-order valence-corrected chi connectivity index (χ1v) is 8.84. The maximum Gasteiger partial charge on any atom is 0.223 e. The lowest BCUT2D eigenvalue weighted by atomic mass is 9.87. The van der Waals surface area contributed by atoms with Crippen molar-refractivity contribution in [1.82, 2.24) is 5.32 Å². The molecular formula is C20H23ClN2O3. The Balaban J connectivity index is 1.96. The number of phenols is 1. The topological polar surface area (TPSA) is 92.4 Å². The zero-order valence-electron chi connectivity index (χ0n) is 14.6. The first kappa shape index (κ1) is 19.8. The molecule has 0 spiro atoms. The Morgan fingerprint density at radius 2 is 1.88 bits per heavy atom. The Morgan fingerprint density at radius 3 is 2.54 bits per heavy atom. The standard InChI is InChI=1S/C20H23ClN2O3/c1-13(17(19(22)25)9-7-14-5-3-2-4-6-14)20(26)23-12-15-11-16(21)8-10-18(15)24/h2-6,8,10-11,13,17,24H,7,9,12H2,1H3,(H2,22,25)(H,23,26)/t13-,17?/m0/s1. The fourth-order valence-corrected chi connectivity index (χ4v) is 3.02. The van der Waals surface area contributed by atoms with Gasteiger partial charge in [-0.3, -0.25) is 9.59 Å². The van der Waals surface area contributed by atoms with Gasteiger partial charge >= 0.3 is 0 Å². The van der Waals surface area contributed by atoms with E-state index >= 15 is 0 Å². The van der Waals surface area contributed by atoms with Crippen LogP contribution < -0.4 is 11.1 Å². The highest BCUT2D eigenvalue weighted by molar-refractivity contribution is 6.30. The molecule has 0 aromatic heterocycles. The van der Waals surface area contributed by atoms with Crippen LogP contribution in [0.15, 0.2) is 48.5 Å². The van der Waals surface area contributed by atoms with E-state index < -0.39 is 17.7 Å². The third-order valence-corrected chi connectivity index (χ3v) is 4.70. The summed E-state index contributed by atoms with van der Waals surface area (Å²) in [6.45, 7) is 1.81. The maximum absolute atomic E-state index is 12.4. The van der Waals surface area contributed by atoms with Gasteiger partial charge in [-0.2, -0.15) is 0 Å². The predicted molar refractivity (Wildman–Crippen MR) is 102 cm³/mol. The second kappa shape index (κ2) is 9.25. The third kappa shape index (κ3) is 5.49. The van der Waals surface area contributed by atoms with E-state index in [4.69, 9.17) is 17.3 Å². The van der Waals surface area contributed by atoms with Gasteiger partial charge in [0, 0.05) is 29.0 Å². The molecule has 26 heavy (non-hydrogen) atoms. The van der Waals surface area contributed by atoms with Crippen molar-refractivity contribution in [3.05, 3.63) is 64.7 Å². The largest absolute Gasteiger partial charge is 0.508 e. The summed E-state index contributed by atoms with van der Waals surface area (Å²) in [4.78, 5) is 24.3. The molecule has 138 valence electrons. The van der Waals surface area contributed by atoms with Gasteiger partial charge in [-0.15, -0.1) is 0 Å². The average Bonchev–Trinajstić information content (AvgIpc) is 2.62. The molecular weight excluding hydrogens is 352 g/mol. The number of amides is 2. The smallest absolute Gasteiger partial charge is 0.223 e. The molecule has 0 aliphatic rings. The van der Waals surface area contributed by atoms with Crippen molar-refractivity contribution < 1.29 is 14.7 Å². The fraction of sp³-hybridized carbons (Fsp3) is 0.300. The van der Waals surface area contributed by atoms with Crippen LogP contribution >= 0.6 is 11.6 Å². The van der Waals surface area contributed by atoms with E-state index in [1.165, 1.54) is 6.07 Å². The molecule has 0 bridgehead atoms. The molecule has 2 rings (SSSR count). The Labute approximate surface area is 158 Å². The second-order valence-electron chi connectivity index (χ2n) is 6.31. The number of hydrogen-bond acceptors (Lipinski definition) is 3. The number of aromatic hydroxyl groups is 1. The number of nitrogens with one attached hydrogen (secondary N) is 1. The zero-order chi connectivity index (χ0) is 19.1. The number of benzene rings is 2. The van der Waals surface area contributed by atoms with Crippen molar-refractivity contribution in [2.75, 3.05) is 0 Å². The number of halogens is 1. The normalized spacial score (nSPS) is 13.0. The lowest BCUT2D eigenvalue weighted by Crippen LogP contribution is -2.39. The van der Waals surface area contributed by atoms with E-state index in [-0.39, 0.29) is 18.2 Å². The van der Waals surface area contributed by atoms with Gasteiger partial charge in [0.15, 0.2) is 0 Å². The summed E-state index contributed by atoms with van der Waals surface area (Å²) >= 11 is 5.90. The van der Waals surface area contributed by atoms with Crippen LogP contribution in [0, 0.1) is 11.8 Å². The molecule has 0 aliphatic heterocycles. The minimum atomic E-state index is -0.572. The molecule has 0 fully saturated rings. The van der Waals surface area contributed by atoms with Gasteiger partial charge in [-0.25, -0.2) is 0 Å². The number of aryl methyl sites for hydroxylation is 1. The molecule has 0 saturated heterocycles. The minimum absolute atomic E-state index is 0.0536. The van der Waals surface area contributed by atoms with Crippen molar-refractivity contribution in [2.45, 2.75) is 26.3 Å². The number of phenolic OH excluding ortho intramolecular Hbond substituents is 1. The van der Waals surface area contributed by atoms with Crippen LogP contribution in [0.4, 0.5) is 0 Å². The summed E-state index contributed by atoms with van der Waals surface area (Å²) in [6.07, 6.45) is 1.16. The van der Waals surface area contributed by atoms with E-state index in [1.54, 1.807) is 19.1 Å². The summed E-state index contributed by atoms with van der Waals surface area (Å²) < 4.78 is 0. The van der Waals surface area contributed by atoms with Crippen LogP contribution in [0.25, 0.3) is 0 Å². The third-order valence-electron chi connectivity index (χ3n) is 4.46. The summed E-state index contributed by atoms with van der Waals surface area (Å²) in [5.41, 5.74) is 7.12. The van der Waals surface area contributed by atoms with Crippen LogP contribution in [0.1, 0.15) is 24.5 Å². The Kier molecular flexibility index (Phi) is 7.04. The SMILES string of the molecule is C[C@H](C(=O)NCc1cc(Cl)ccc1O)C(CCc1ccccc1)C(N)=O. The molecule has 6 heteroatoms. The molecule has 2 aromatic carbocycles. The molecule has 0 heterocycles. The Morgan fingerprint density at radius 1 is 1.19 bits per heavy atom. The van der Waals surface area contributed by atoms with Gasteiger partial charge in [0.2, 0.25) is 11.8 Å². The molecule has 0 radical (unpaired) electrons. The maximum atomic E-state index is 12.4. The van der Waals surface area contributed by atoms with Gasteiger partial charge in [0.1, 0.15) is 5.75 Å². The zero-order valence-corrected chi connectivity index (χ0v) is 15.4. The molecule has 0 saturated carbocycles. The number of primary amides is 1. The molecule has 2 aromatic rings. The lowest BCUT2D eigenvalue weighted by molar-refractivity contribution is -0.133. The first-order chi connectivity index (χ1) is 12.4. The number of carbonyl (C=O) groups excluding carboxylic acids is 2. The van der Waals surface area contributed by atoms with E-state index in [9.17, 15) is 14.7 Å². The van der Waals surface area contributed by atoms with Crippen LogP contribution in [-0.4, -0.2) is 16.9 Å². The summed E-state index contributed by atoms with van der Waals surface area (Å²) in [7, 11) is 0. The highest BCUT2D eigenvalue weighted by Gasteiger charge is 2.28. The average molecular weight is 375 g/mol. The van der Waals surface area contributed by atoms with Crippen LogP contribution in [0.2, 0.25) is 5.02 Å².